The van der Waals surface area contributed by atoms with Crippen molar-refractivity contribution in [1.29, 1.82) is 0 Å². The molecule has 5 aromatic rings. The van der Waals surface area contributed by atoms with Gasteiger partial charge in [-0.3, -0.25) is 0 Å². The van der Waals surface area contributed by atoms with Gasteiger partial charge in [0.25, 0.3) is 0 Å². The van der Waals surface area contributed by atoms with Crippen LogP contribution in [0.15, 0.2) is 66.7 Å². The molecule has 2 aromatic heterocycles. The van der Waals surface area contributed by atoms with Gasteiger partial charge in [0.15, 0.2) is 5.82 Å². The van der Waals surface area contributed by atoms with Crippen molar-refractivity contribution in [3.8, 4) is 22.5 Å². The number of aromatic nitrogens is 6. The summed E-state index contributed by atoms with van der Waals surface area (Å²) in [7, 11) is 0. The number of hydrogen-bond acceptors (Lipinski definition) is 5. The third-order valence-corrected chi connectivity index (χ3v) is 5.96. The molecule has 0 saturated heterocycles. The SMILES string of the molecule is CCCCc1nc2cccc(C(=O)O)c2n1Cc1ccc(-c2ccccc2-c2nnn[nH]2)cc1.[NaH].[NaH]. The summed E-state index contributed by atoms with van der Waals surface area (Å²) in [5.74, 6) is 0.590. The molecule has 0 atom stereocenters. The second kappa shape index (κ2) is 12.8. The molecule has 0 spiro atoms. The van der Waals surface area contributed by atoms with Crippen molar-refractivity contribution in [3.63, 3.8) is 0 Å². The van der Waals surface area contributed by atoms with E-state index in [1.807, 2.05) is 30.3 Å². The van der Waals surface area contributed by atoms with E-state index in [-0.39, 0.29) is 64.7 Å². The summed E-state index contributed by atoms with van der Waals surface area (Å²) in [5.41, 5.74) is 5.74. The van der Waals surface area contributed by atoms with E-state index in [0.29, 0.717) is 17.9 Å². The summed E-state index contributed by atoms with van der Waals surface area (Å²) in [5, 5.41) is 24.0. The van der Waals surface area contributed by atoms with Crippen LogP contribution in [0.2, 0.25) is 0 Å². The summed E-state index contributed by atoms with van der Waals surface area (Å²) >= 11 is 0. The van der Waals surface area contributed by atoms with Gasteiger partial charge in [-0.25, -0.2) is 14.9 Å². The van der Waals surface area contributed by atoms with E-state index in [2.05, 4.69) is 56.4 Å². The molecule has 0 unspecified atom stereocenters. The van der Waals surface area contributed by atoms with Crippen LogP contribution in [0.1, 0.15) is 41.5 Å². The van der Waals surface area contributed by atoms with Crippen molar-refractivity contribution < 1.29 is 9.90 Å². The van der Waals surface area contributed by atoms with Gasteiger partial charge in [0.05, 0.1) is 16.6 Å². The van der Waals surface area contributed by atoms with Crippen LogP contribution >= 0.6 is 0 Å². The number of benzene rings is 3. The summed E-state index contributed by atoms with van der Waals surface area (Å²) in [6, 6.07) is 21.5. The van der Waals surface area contributed by atoms with Crippen LogP contribution in [0.25, 0.3) is 33.5 Å². The van der Waals surface area contributed by atoms with Gasteiger partial charge in [-0.2, -0.15) is 0 Å². The minimum atomic E-state index is -0.942. The summed E-state index contributed by atoms with van der Waals surface area (Å²) in [6.07, 6.45) is 2.85. The number of aromatic amines is 1. The zero-order chi connectivity index (χ0) is 23.5. The van der Waals surface area contributed by atoms with E-state index in [9.17, 15) is 9.90 Å². The average molecular weight is 501 g/mol. The number of nitrogens with zero attached hydrogens (tertiary/aromatic N) is 5. The number of aromatic carboxylic acids is 1. The minimum absolute atomic E-state index is 0. The van der Waals surface area contributed by atoms with Crippen molar-refractivity contribution in [2.75, 3.05) is 0 Å². The molecule has 0 saturated carbocycles. The number of carbonyl (C=O) groups is 1. The van der Waals surface area contributed by atoms with Crippen LogP contribution in [0, 0.1) is 0 Å². The molecule has 0 bridgehead atoms. The number of hydrogen-bond donors (Lipinski definition) is 2. The number of rotatable bonds is 8. The molecule has 3 aromatic carbocycles. The van der Waals surface area contributed by atoms with Gasteiger partial charge < -0.3 is 9.67 Å². The quantitative estimate of drug-likeness (QED) is 0.315. The molecule has 36 heavy (non-hydrogen) atoms. The first-order valence-corrected chi connectivity index (χ1v) is 11.3. The molecule has 10 heteroatoms. The van der Waals surface area contributed by atoms with Gasteiger partial charge >= 0.3 is 65.1 Å². The van der Waals surface area contributed by atoms with Crippen molar-refractivity contribution in [3.05, 3.63) is 83.7 Å². The van der Waals surface area contributed by atoms with Gasteiger partial charge in [0.2, 0.25) is 0 Å². The normalized spacial score (nSPS) is 10.6. The van der Waals surface area contributed by atoms with Crippen molar-refractivity contribution in [2.45, 2.75) is 32.7 Å². The summed E-state index contributed by atoms with van der Waals surface area (Å²) < 4.78 is 2.05. The number of H-pyrrole nitrogens is 1. The Morgan fingerprint density at radius 2 is 1.72 bits per heavy atom. The van der Waals surface area contributed by atoms with E-state index in [4.69, 9.17) is 4.98 Å². The summed E-state index contributed by atoms with van der Waals surface area (Å²) in [6.45, 7) is 2.69. The van der Waals surface area contributed by atoms with Gasteiger partial charge in [0, 0.05) is 18.5 Å². The Hall–Kier alpha value is -2.33. The van der Waals surface area contributed by atoms with Crippen molar-refractivity contribution >= 4 is 76.1 Å². The number of carboxylic acid groups (broad SMARTS) is 1. The van der Waals surface area contributed by atoms with E-state index in [1.54, 1.807) is 12.1 Å². The second-order valence-corrected chi connectivity index (χ2v) is 8.19. The third-order valence-electron chi connectivity index (χ3n) is 5.96. The average Bonchev–Trinajstić information content (AvgIpc) is 3.52. The molecule has 5 rings (SSSR count). The number of tetrazole rings is 1. The number of imidazole rings is 1. The number of para-hydroxylation sites is 1. The first kappa shape index (κ1) is 28.2. The Bertz CT molecular complexity index is 1450. The Balaban J connectivity index is 0.00000180. The molecule has 0 fully saturated rings. The van der Waals surface area contributed by atoms with E-state index >= 15 is 0 Å². The first-order valence-electron chi connectivity index (χ1n) is 11.3. The second-order valence-electron chi connectivity index (χ2n) is 8.19. The first-order chi connectivity index (χ1) is 16.7. The molecule has 0 amide bonds. The maximum absolute atomic E-state index is 11.9. The Morgan fingerprint density at radius 1 is 0.972 bits per heavy atom. The maximum atomic E-state index is 11.9. The topological polar surface area (TPSA) is 110 Å². The fourth-order valence-corrected chi connectivity index (χ4v) is 4.29. The number of carboxylic acids is 1. The molecule has 0 aliphatic carbocycles. The summed E-state index contributed by atoms with van der Waals surface area (Å²) in [4.78, 5) is 16.7. The Labute approximate surface area is 253 Å². The number of aryl methyl sites for hydroxylation is 1. The fraction of sp³-hybridized carbons (Fsp3) is 0.192. The van der Waals surface area contributed by atoms with Crippen LogP contribution in [-0.4, -0.2) is 100 Å². The predicted molar refractivity (Wildman–Crippen MR) is 144 cm³/mol. The van der Waals surface area contributed by atoms with Gasteiger partial charge in [-0.1, -0.05) is 67.9 Å². The Morgan fingerprint density at radius 3 is 2.39 bits per heavy atom. The number of unbranched alkanes of at least 4 members (excludes halogenated alkanes) is 1. The van der Waals surface area contributed by atoms with Crippen LogP contribution < -0.4 is 0 Å². The van der Waals surface area contributed by atoms with Gasteiger partial charge in [0.1, 0.15) is 5.82 Å². The molecule has 0 aliphatic rings. The molecule has 0 aliphatic heterocycles. The van der Waals surface area contributed by atoms with E-state index < -0.39 is 5.97 Å². The molecule has 8 nitrogen and oxygen atoms in total. The van der Waals surface area contributed by atoms with Crippen LogP contribution in [0.4, 0.5) is 0 Å². The molecule has 174 valence electrons. The number of nitrogens with one attached hydrogen (secondary N) is 1. The van der Waals surface area contributed by atoms with Crippen LogP contribution in [0.5, 0.6) is 0 Å². The van der Waals surface area contributed by atoms with E-state index in [0.717, 1.165) is 52.9 Å². The number of fused-ring (bicyclic) bond motifs is 1. The third kappa shape index (κ3) is 5.80. The molecule has 2 N–H and O–H groups in total. The predicted octanol–water partition coefficient (Wildman–Crippen LogP) is 3.68. The standard InChI is InChI=1S/C26H24N6O2.2Na.2H/c1-2-3-11-23-27-22-10-6-9-21(26(33)34)24(22)32(23)16-17-12-14-18(15-13-17)19-7-4-5-8-20(19)25-28-30-31-29-25;;;;/h4-10,12-15H,2-3,11,16H2,1H3,(H,33,34)(H,28,29,30,31);;;;. The molecule has 0 radical (unpaired) electrons. The fourth-order valence-electron chi connectivity index (χ4n) is 4.29. The van der Waals surface area contributed by atoms with Crippen molar-refractivity contribution in [2.24, 2.45) is 0 Å². The van der Waals surface area contributed by atoms with Gasteiger partial charge in [-0.15, -0.1) is 5.10 Å². The van der Waals surface area contributed by atoms with Crippen molar-refractivity contribution in [1.82, 2.24) is 30.2 Å². The van der Waals surface area contributed by atoms with Crippen LogP contribution in [-0.2, 0) is 13.0 Å². The zero-order valence-corrected chi connectivity index (χ0v) is 18.8. The van der Waals surface area contributed by atoms with Gasteiger partial charge in [-0.05, 0) is 45.7 Å². The monoisotopic (exact) mass is 500 g/mol. The molecule has 2 heterocycles. The van der Waals surface area contributed by atoms with E-state index in [1.165, 1.54) is 0 Å². The molecular formula is C26H26N6Na2O2. The van der Waals surface area contributed by atoms with Crippen LogP contribution in [0.3, 0.4) is 0 Å². The zero-order valence-electron chi connectivity index (χ0n) is 18.8. The Kier molecular flexibility index (Phi) is 10.0. The molecular weight excluding hydrogens is 474 g/mol.